The van der Waals surface area contributed by atoms with Gasteiger partial charge >= 0.3 is 0 Å². The Morgan fingerprint density at radius 3 is 2.52 bits per heavy atom. The number of amides is 2. The number of nitrogens with one attached hydrogen (secondary N) is 1. The molecule has 1 saturated heterocycles. The second-order valence-corrected chi connectivity index (χ2v) is 7.69. The number of nitrogens with zero attached hydrogens (tertiary/aromatic N) is 2. The van der Waals surface area contributed by atoms with Crippen molar-refractivity contribution in [2.45, 2.75) is 26.2 Å². The van der Waals surface area contributed by atoms with Crippen LogP contribution in [0.25, 0.3) is 10.9 Å². The van der Waals surface area contributed by atoms with Gasteiger partial charge in [-0.15, -0.1) is 0 Å². The number of carbonyl (C=O) groups is 2. The molecule has 1 aliphatic rings. The quantitative estimate of drug-likeness (QED) is 0.737. The topological polar surface area (TPSA) is 62.3 Å². The van der Waals surface area contributed by atoms with Crippen molar-refractivity contribution in [2.24, 2.45) is 5.92 Å². The molecule has 0 unspecified atom stereocenters. The molecule has 3 aromatic rings. The Labute approximate surface area is 170 Å². The molecule has 5 nitrogen and oxygen atoms in total. The van der Waals surface area contributed by atoms with Gasteiger partial charge in [-0.2, -0.15) is 0 Å². The minimum absolute atomic E-state index is 0.00814. The number of para-hydroxylation sites is 1. The lowest BCUT2D eigenvalue weighted by molar-refractivity contribution is -0.133. The van der Waals surface area contributed by atoms with Crippen LogP contribution in [0.5, 0.6) is 0 Å². The number of likely N-dealkylation sites (tertiary alicyclic amines) is 1. The SMILES string of the molecule is Cc1ccc(CC(=O)N2CCC(C(=O)Nc3cccc4cccnc34)CC2)cc1. The number of fused-ring (bicyclic) bond motifs is 1. The Balaban J connectivity index is 1.33. The fraction of sp³-hybridized carbons (Fsp3) is 0.292. The van der Waals surface area contributed by atoms with E-state index >= 15 is 0 Å². The maximum Gasteiger partial charge on any atom is 0.227 e. The number of hydrogen-bond donors (Lipinski definition) is 1. The molecule has 148 valence electrons. The molecule has 0 spiro atoms. The molecule has 1 fully saturated rings. The monoisotopic (exact) mass is 387 g/mol. The van der Waals surface area contributed by atoms with Crippen molar-refractivity contribution < 1.29 is 9.59 Å². The van der Waals surface area contributed by atoms with Gasteiger partial charge in [0.05, 0.1) is 17.6 Å². The largest absolute Gasteiger partial charge is 0.342 e. The Bertz CT molecular complexity index is 1020. The van der Waals surface area contributed by atoms with E-state index in [2.05, 4.69) is 10.3 Å². The molecule has 2 amide bonds. The lowest BCUT2D eigenvalue weighted by Crippen LogP contribution is -2.42. The number of carbonyl (C=O) groups excluding carboxylic acids is 2. The summed E-state index contributed by atoms with van der Waals surface area (Å²) in [5.74, 6) is 0.0529. The number of anilines is 1. The van der Waals surface area contributed by atoms with E-state index < -0.39 is 0 Å². The first-order valence-electron chi connectivity index (χ1n) is 10.1. The molecule has 0 aliphatic carbocycles. The fourth-order valence-corrected chi connectivity index (χ4v) is 3.82. The van der Waals surface area contributed by atoms with Crippen molar-refractivity contribution in [3.8, 4) is 0 Å². The predicted octanol–water partition coefficient (Wildman–Crippen LogP) is 3.96. The Morgan fingerprint density at radius 1 is 1.03 bits per heavy atom. The van der Waals surface area contributed by atoms with Crippen LogP contribution < -0.4 is 5.32 Å². The third-order valence-corrected chi connectivity index (χ3v) is 5.58. The van der Waals surface area contributed by atoms with Crippen molar-refractivity contribution in [3.63, 3.8) is 0 Å². The summed E-state index contributed by atoms with van der Waals surface area (Å²) in [7, 11) is 0. The molecule has 1 N–H and O–H groups in total. The highest BCUT2D eigenvalue weighted by molar-refractivity contribution is 6.01. The number of rotatable bonds is 4. The molecule has 0 radical (unpaired) electrons. The summed E-state index contributed by atoms with van der Waals surface area (Å²) >= 11 is 0. The van der Waals surface area contributed by atoms with Crippen LogP contribution in [-0.4, -0.2) is 34.8 Å². The molecule has 1 aromatic heterocycles. The van der Waals surface area contributed by atoms with Crippen LogP contribution in [0.2, 0.25) is 0 Å². The van der Waals surface area contributed by atoms with E-state index in [1.165, 1.54) is 5.56 Å². The summed E-state index contributed by atoms with van der Waals surface area (Å²) in [6.45, 7) is 3.28. The van der Waals surface area contributed by atoms with E-state index in [1.807, 2.05) is 66.4 Å². The Kier molecular flexibility index (Phi) is 5.56. The van der Waals surface area contributed by atoms with Gasteiger partial charge in [-0.05, 0) is 37.5 Å². The Hall–Kier alpha value is -3.21. The highest BCUT2D eigenvalue weighted by Gasteiger charge is 2.27. The molecule has 2 aromatic carbocycles. The van der Waals surface area contributed by atoms with Crippen molar-refractivity contribution >= 4 is 28.4 Å². The zero-order valence-corrected chi connectivity index (χ0v) is 16.6. The third-order valence-electron chi connectivity index (χ3n) is 5.58. The molecule has 29 heavy (non-hydrogen) atoms. The maximum absolute atomic E-state index is 12.8. The number of benzene rings is 2. The highest BCUT2D eigenvalue weighted by Crippen LogP contribution is 2.24. The van der Waals surface area contributed by atoms with E-state index in [9.17, 15) is 9.59 Å². The highest BCUT2D eigenvalue weighted by atomic mass is 16.2. The van der Waals surface area contributed by atoms with E-state index in [-0.39, 0.29) is 17.7 Å². The summed E-state index contributed by atoms with van der Waals surface area (Å²) < 4.78 is 0. The van der Waals surface area contributed by atoms with Crippen LogP contribution in [0.15, 0.2) is 60.8 Å². The minimum Gasteiger partial charge on any atom is -0.342 e. The first kappa shape index (κ1) is 19.1. The first-order chi connectivity index (χ1) is 14.1. The molecule has 1 aliphatic heterocycles. The summed E-state index contributed by atoms with van der Waals surface area (Å²) in [5, 5.41) is 4.04. The molecule has 0 atom stereocenters. The van der Waals surface area contributed by atoms with Gasteiger partial charge in [-0.25, -0.2) is 0 Å². The lowest BCUT2D eigenvalue weighted by atomic mass is 9.95. The van der Waals surface area contributed by atoms with Crippen molar-refractivity contribution in [1.29, 1.82) is 0 Å². The van der Waals surface area contributed by atoms with Gasteiger partial charge in [-0.1, -0.05) is 48.0 Å². The summed E-state index contributed by atoms with van der Waals surface area (Å²) in [6, 6.07) is 17.7. The van der Waals surface area contributed by atoms with Crippen LogP contribution >= 0.6 is 0 Å². The third kappa shape index (κ3) is 4.45. The minimum atomic E-state index is -0.0857. The van der Waals surface area contributed by atoms with Crippen LogP contribution in [0.4, 0.5) is 5.69 Å². The number of aryl methyl sites for hydroxylation is 1. The average molecular weight is 387 g/mol. The van der Waals surface area contributed by atoms with Crippen molar-refractivity contribution in [3.05, 3.63) is 71.9 Å². The van der Waals surface area contributed by atoms with Gasteiger partial charge < -0.3 is 10.2 Å². The molecule has 5 heteroatoms. The van der Waals surface area contributed by atoms with Crippen molar-refractivity contribution in [1.82, 2.24) is 9.88 Å². The molecular weight excluding hydrogens is 362 g/mol. The van der Waals surface area contributed by atoms with Gasteiger partial charge in [0.25, 0.3) is 0 Å². The van der Waals surface area contributed by atoms with Crippen LogP contribution in [0.3, 0.4) is 0 Å². The van der Waals surface area contributed by atoms with Gasteiger partial charge in [0.2, 0.25) is 11.8 Å². The summed E-state index contributed by atoms with van der Waals surface area (Å²) in [4.78, 5) is 31.6. The zero-order valence-electron chi connectivity index (χ0n) is 16.6. The molecule has 4 rings (SSSR count). The standard InChI is InChI=1S/C24H25N3O2/c1-17-7-9-18(10-8-17)16-22(28)27-14-11-20(12-15-27)24(29)26-21-6-2-4-19-5-3-13-25-23(19)21/h2-10,13,20H,11-12,14-16H2,1H3,(H,26,29). The van der Waals surface area contributed by atoms with Crippen LogP contribution in [-0.2, 0) is 16.0 Å². The van der Waals surface area contributed by atoms with Gasteiger partial charge in [0.15, 0.2) is 0 Å². The zero-order chi connectivity index (χ0) is 20.2. The summed E-state index contributed by atoms with van der Waals surface area (Å²) in [6.07, 6.45) is 3.52. The van der Waals surface area contributed by atoms with E-state index in [0.717, 1.165) is 22.2 Å². The number of aromatic nitrogens is 1. The first-order valence-corrected chi connectivity index (χ1v) is 10.1. The number of piperidine rings is 1. The van der Waals surface area contributed by atoms with Crippen molar-refractivity contribution in [2.75, 3.05) is 18.4 Å². The van der Waals surface area contributed by atoms with E-state index in [0.29, 0.717) is 32.4 Å². The number of hydrogen-bond acceptors (Lipinski definition) is 3. The van der Waals surface area contributed by atoms with Gasteiger partial charge in [-0.3, -0.25) is 14.6 Å². The molecule has 0 saturated carbocycles. The van der Waals surface area contributed by atoms with Gasteiger partial charge in [0, 0.05) is 30.6 Å². The lowest BCUT2D eigenvalue weighted by Gasteiger charge is -2.31. The van der Waals surface area contributed by atoms with E-state index in [4.69, 9.17) is 0 Å². The second kappa shape index (κ2) is 8.43. The maximum atomic E-state index is 12.8. The molecule has 0 bridgehead atoms. The van der Waals surface area contributed by atoms with Gasteiger partial charge in [0.1, 0.15) is 0 Å². The van der Waals surface area contributed by atoms with E-state index in [1.54, 1.807) is 6.20 Å². The number of pyridine rings is 1. The Morgan fingerprint density at radius 2 is 1.76 bits per heavy atom. The molecule has 2 heterocycles. The average Bonchev–Trinajstić information content (AvgIpc) is 2.75. The molecular formula is C24H25N3O2. The van der Waals surface area contributed by atoms with Crippen LogP contribution in [0.1, 0.15) is 24.0 Å². The normalized spacial score (nSPS) is 14.7. The predicted molar refractivity (Wildman–Crippen MR) is 115 cm³/mol. The smallest absolute Gasteiger partial charge is 0.227 e. The summed E-state index contributed by atoms with van der Waals surface area (Å²) in [5.41, 5.74) is 3.76. The van der Waals surface area contributed by atoms with Crippen LogP contribution in [0, 0.1) is 12.8 Å². The second-order valence-electron chi connectivity index (χ2n) is 7.69. The fourth-order valence-electron chi connectivity index (χ4n) is 3.82.